The maximum atomic E-state index is 2.49. The summed E-state index contributed by atoms with van der Waals surface area (Å²) in [6.45, 7) is 7.14. The van der Waals surface area contributed by atoms with Crippen molar-refractivity contribution in [3.8, 4) is 0 Å². The van der Waals surface area contributed by atoms with E-state index in [1.807, 2.05) is 0 Å². The van der Waals surface area contributed by atoms with Crippen LogP contribution in [-0.2, 0) is 20.7 Å². The Morgan fingerprint density at radius 3 is 1.29 bits per heavy atom. The van der Waals surface area contributed by atoms with Crippen molar-refractivity contribution in [3.05, 3.63) is 0 Å². The van der Waals surface area contributed by atoms with Gasteiger partial charge < -0.3 is 37.2 Å². The molecule has 0 fully saturated rings. The Labute approximate surface area is 139 Å². The van der Waals surface area contributed by atoms with Crippen LogP contribution in [0.3, 0.4) is 0 Å². The molecule has 0 N–H and O–H groups in total. The van der Waals surface area contributed by atoms with Crippen LogP contribution < -0.4 is 37.2 Å². The SMILES string of the molecule is CCCCCC[N]([Ti+3])CCCCCC.[Cl-].[Cl-].[Cl-]. The van der Waals surface area contributed by atoms with Gasteiger partial charge in [-0.15, -0.1) is 0 Å². The standard InChI is InChI=1S/C12H26N.3ClH.Ti/c1-3-5-7-9-11-13-12-10-8-6-4-2;;;;/h3-12H2,1-2H3;3*1H;/q-1;;;;+4/p-3. The zero-order valence-electron chi connectivity index (χ0n) is 11.2. The van der Waals surface area contributed by atoms with Crippen LogP contribution in [0.1, 0.15) is 65.2 Å². The number of unbranched alkanes of at least 4 members (excludes halogenated alkanes) is 6. The normalized spacial score (nSPS) is 9.24. The van der Waals surface area contributed by atoms with Crippen molar-refractivity contribution >= 4 is 0 Å². The monoisotopic (exact) mass is 337 g/mol. The van der Waals surface area contributed by atoms with E-state index in [-0.39, 0.29) is 37.2 Å². The van der Waals surface area contributed by atoms with E-state index in [2.05, 4.69) is 37.9 Å². The Morgan fingerprint density at radius 1 is 0.647 bits per heavy atom. The van der Waals surface area contributed by atoms with Gasteiger partial charge >= 0.3 is 102 Å². The second-order valence-electron chi connectivity index (χ2n) is 4.11. The Balaban J connectivity index is -0.000000282. The van der Waals surface area contributed by atoms with Crippen LogP contribution in [0.4, 0.5) is 0 Å². The predicted octanol–water partition coefficient (Wildman–Crippen LogP) is -5.08. The van der Waals surface area contributed by atoms with Gasteiger partial charge in [-0.05, 0) is 0 Å². The second-order valence-corrected chi connectivity index (χ2v) is 5.10. The molecular formula is C12H26Cl3NTi. The molecule has 0 aliphatic carbocycles. The number of nitrogens with zero attached hydrogens (tertiary/aromatic N) is 1. The van der Waals surface area contributed by atoms with Gasteiger partial charge in [-0.2, -0.15) is 0 Å². The van der Waals surface area contributed by atoms with E-state index in [0.717, 1.165) is 0 Å². The fourth-order valence-electron chi connectivity index (χ4n) is 1.57. The molecule has 0 spiro atoms. The van der Waals surface area contributed by atoms with E-state index in [4.69, 9.17) is 0 Å². The van der Waals surface area contributed by atoms with Gasteiger partial charge in [-0.25, -0.2) is 0 Å². The predicted molar refractivity (Wildman–Crippen MR) is 59.9 cm³/mol. The zero-order chi connectivity index (χ0) is 10.6. The molecule has 0 aromatic rings. The largest absolute Gasteiger partial charge is 1.00 e. The summed E-state index contributed by atoms with van der Waals surface area (Å²) in [6.07, 6.45) is 11.1. The van der Waals surface area contributed by atoms with E-state index in [0.29, 0.717) is 0 Å². The van der Waals surface area contributed by atoms with E-state index in [9.17, 15) is 0 Å². The molecule has 0 rings (SSSR count). The number of hydrogen-bond acceptors (Lipinski definition) is 1. The number of hydrogen-bond donors (Lipinski definition) is 0. The van der Waals surface area contributed by atoms with Crippen LogP contribution in [0.5, 0.6) is 0 Å². The topological polar surface area (TPSA) is 3.24 Å². The Kier molecular flexibility index (Phi) is 36.0. The van der Waals surface area contributed by atoms with Crippen LogP contribution in [-0.4, -0.2) is 16.5 Å². The fraction of sp³-hybridized carbons (Fsp3) is 1.00. The van der Waals surface area contributed by atoms with Crippen LogP contribution in [0, 0.1) is 0 Å². The summed E-state index contributed by atoms with van der Waals surface area (Å²) in [6, 6.07) is 0. The van der Waals surface area contributed by atoms with Crippen LogP contribution >= 0.6 is 0 Å². The summed E-state index contributed by atoms with van der Waals surface area (Å²) in [7, 11) is 0. The molecule has 104 valence electrons. The summed E-state index contributed by atoms with van der Waals surface area (Å²) in [4.78, 5) is 0. The first-order valence-electron chi connectivity index (χ1n) is 6.27. The van der Waals surface area contributed by atoms with Gasteiger partial charge in [0.2, 0.25) is 0 Å². The van der Waals surface area contributed by atoms with Crippen molar-refractivity contribution in [3.63, 3.8) is 0 Å². The summed E-state index contributed by atoms with van der Waals surface area (Å²) < 4.78 is 2.49. The van der Waals surface area contributed by atoms with E-state index < -0.39 is 0 Å². The zero-order valence-corrected chi connectivity index (χ0v) is 15.0. The molecule has 0 radical (unpaired) electrons. The summed E-state index contributed by atoms with van der Waals surface area (Å²) >= 11 is 2.26. The first kappa shape index (κ1) is 27.0. The molecule has 0 atom stereocenters. The molecule has 1 nitrogen and oxygen atoms in total. The molecule has 0 heterocycles. The van der Waals surface area contributed by atoms with Crippen molar-refractivity contribution in [2.24, 2.45) is 0 Å². The summed E-state index contributed by atoms with van der Waals surface area (Å²) in [5.41, 5.74) is 0. The van der Waals surface area contributed by atoms with Crippen molar-refractivity contribution in [2.75, 3.05) is 13.1 Å². The minimum absolute atomic E-state index is 0. The maximum Gasteiger partial charge on any atom is -1.00 e. The van der Waals surface area contributed by atoms with E-state index in [1.165, 1.54) is 64.5 Å². The third-order valence-corrected chi connectivity index (χ3v) is 3.26. The molecule has 0 bridgehead atoms. The molecule has 5 heteroatoms. The first-order valence-corrected chi connectivity index (χ1v) is 6.97. The van der Waals surface area contributed by atoms with Gasteiger partial charge in [-0.3, -0.25) is 0 Å². The Morgan fingerprint density at radius 2 is 1.00 bits per heavy atom. The smallest absolute Gasteiger partial charge is 1.00 e. The summed E-state index contributed by atoms with van der Waals surface area (Å²) in [5.74, 6) is 0. The molecule has 0 amide bonds. The average molecular weight is 339 g/mol. The Bertz CT molecular complexity index is 106. The molecule has 0 unspecified atom stereocenters. The minimum atomic E-state index is 0. The molecule has 17 heavy (non-hydrogen) atoms. The van der Waals surface area contributed by atoms with Gasteiger partial charge in [0, 0.05) is 0 Å². The molecule has 0 aliphatic heterocycles. The van der Waals surface area contributed by atoms with Gasteiger partial charge in [0.05, 0.1) is 0 Å². The minimum Gasteiger partial charge on any atom is -1.00 e. The first-order chi connectivity index (χ1) is 6.81. The van der Waals surface area contributed by atoms with E-state index >= 15 is 0 Å². The van der Waals surface area contributed by atoms with Crippen LogP contribution in [0.25, 0.3) is 0 Å². The van der Waals surface area contributed by atoms with Gasteiger partial charge in [-0.1, -0.05) is 0 Å². The van der Waals surface area contributed by atoms with Crippen molar-refractivity contribution in [2.45, 2.75) is 65.2 Å². The van der Waals surface area contributed by atoms with Crippen molar-refractivity contribution < 1.29 is 57.9 Å². The maximum absolute atomic E-state index is 2.49. The van der Waals surface area contributed by atoms with Crippen LogP contribution in [0.15, 0.2) is 0 Å². The van der Waals surface area contributed by atoms with Gasteiger partial charge in [0.1, 0.15) is 0 Å². The van der Waals surface area contributed by atoms with Crippen LogP contribution in [0.2, 0.25) is 0 Å². The molecule has 0 aliphatic rings. The Hall–Kier alpha value is 1.54. The molecule has 0 aromatic carbocycles. The fourth-order valence-corrected chi connectivity index (χ4v) is 2.06. The average Bonchev–Trinajstić information content (AvgIpc) is 2.19. The number of halogens is 3. The molecule has 0 aromatic heterocycles. The molecule has 0 saturated heterocycles. The van der Waals surface area contributed by atoms with Gasteiger partial charge in [0.25, 0.3) is 0 Å². The second kappa shape index (κ2) is 22.7. The third kappa shape index (κ3) is 23.1. The molecular weight excluding hydrogens is 312 g/mol. The van der Waals surface area contributed by atoms with Crippen molar-refractivity contribution in [1.29, 1.82) is 0 Å². The van der Waals surface area contributed by atoms with Gasteiger partial charge in [0.15, 0.2) is 0 Å². The quantitative estimate of drug-likeness (QED) is 0.285. The third-order valence-electron chi connectivity index (χ3n) is 2.56. The summed E-state index contributed by atoms with van der Waals surface area (Å²) in [5, 5.41) is 0. The van der Waals surface area contributed by atoms with Crippen molar-refractivity contribution in [1.82, 2.24) is 3.38 Å². The molecule has 0 saturated carbocycles. The van der Waals surface area contributed by atoms with E-state index in [1.54, 1.807) is 0 Å². The number of rotatable bonds is 10.